The van der Waals surface area contributed by atoms with Crippen molar-refractivity contribution in [1.82, 2.24) is 0 Å². The van der Waals surface area contributed by atoms with Gasteiger partial charge in [-0.15, -0.1) is 0 Å². The lowest BCUT2D eigenvalue weighted by Crippen LogP contribution is -2.36. The van der Waals surface area contributed by atoms with Crippen LogP contribution < -0.4 is 0 Å². The standard InChI is InChI=1S/C20H44P/c1-7-13-17-21(18-14-8-2,19-15-9-3)20(11-5,12-6)16-10-4/h7-19H2,1-6H3/q+1. The van der Waals surface area contributed by atoms with Crippen LogP contribution in [0.1, 0.15) is 106 Å². The van der Waals surface area contributed by atoms with E-state index in [4.69, 9.17) is 0 Å². The van der Waals surface area contributed by atoms with Crippen LogP contribution in [0.3, 0.4) is 0 Å². The third kappa shape index (κ3) is 5.85. The molecule has 0 radical (unpaired) electrons. The van der Waals surface area contributed by atoms with E-state index >= 15 is 0 Å². The Morgan fingerprint density at radius 2 is 0.952 bits per heavy atom. The van der Waals surface area contributed by atoms with Gasteiger partial charge in [-0.25, -0.2) is 0 Å². The molecule has 0 aromatic heterocycles. The number of rotatable bonds is 14. The van der Waals surface area contributed by atoms with E-state index in [1.165, 1.54) is 64.2 Å². The highest BCUT2D eigenvalue weighted by atomic mass is 31.2. The van der Waals surface area contributed by atoms with Gasteiger partial charge < -0.3 is 0 Å². The summed E-state index contributed by atoms with van der Waals surface area (Å²) in [6.45, 7) is 14.6. The molecule has 0 spiro atoms. The predicted octanol–water partition coefficient (Wildman–Crippen LogP) is 7.76. The van der Waals surface area contributed by atoms with Crippen molar-refractivity contribution in [3.05, 3.63) is 0 Å². The van der Waals surface area contributed by atoms with E-state index in [0.29, 0.717) is 5.16 Å². The SMILES string of the molecule is CCCC[P+](CCCC)(CCCC)C(CC)(CC)CCC. The largest absolute Gasteiger partial charge is 0.0794 e. The molecule has 0 nitrogen and oxygen atoms in total. The van der Waals surface area contributed by atoms with E-state index in [2.05, 4.69) is 41.5 Å². The van der Waals surface area contributed by atoms with Crippen LogP contribution in [-0.4, -0.2) is 23.6 Å². The van der Waals surface area contributed by atoms with E-state index in [0.717, 1.165) is 0 Å². The zero-order valence-corrected chi connectivity index (χ0v) is 17.0. The number of hydrogen-bond donors (Lipinski definition) is 0. The van der Waals surface area contributed by atoms with E-state index in [1.807, 2.05) is 0 Å². The molecule has 1 heteroatoms. The maximum Gasteiger partial charge on any atom is 0.0794 e. The number of unbranched alkanes of at least 4 members (excludes halogenated alkanes) is 3. The first-order valence-corrected chi connectivity index (χ1v) is 12.3. The summed E-state index contributed by atoms with van der Waals surface area (Å²) in [5, 5.41) is 0.710. The molecule has 0 atom stereocenters. The Hall–Kier alpha value is 0.430. The molecule has 0 saturated carbocycles. The molecule has 0 fully saturated rings. The van der Waals surface area contributed by atoms with Crippen LogP contribution >= 0.6 is 7.26 Å². The fraction of sp³-hybridized carbons (Fsp3) is 1.00. The molecular formula is C20H44P+. The summed E-state index contributed by atoms with van der Waals surface area (Å²) >= 11 is 0. The van der Waals surface area contributed by atoms with Crippen molar-refractivity contribution >= 4 is 7.26 Å². The van der Waals surface area contributed by atoms with Crippen LogP contribution in [0.2, 0.25) is 0 Å². The van der Waals surface area contributed by atoms with Crippen molar-refractivity contribution in [2.45, 2.75) is 111 Å². The second-order valence-electron chi connectivity index (χ2n) is 7.06. The van der Waals surface area contributed by atoms with Crippen LogP contribution in [0.25, 0.3) is 0 Å². The molecule has 0 heterocycles. The quantitative estimate of drug-likeness (QED) is 0.287. The molecule has 128 valence electrons. The summed E-state index contributed by atoms with van der Waals surface area (Å²) in [5.41, 5.74) is 0. The Bertz CT molecular complexity index is 208. The van der Waals surface area contributed by atoms with Gasteiger partial charge in [-0.2, -0.15) is 0 Å². The van der Waals surface area contributed by atoms with Crippen molar-refractivity contribution in [1.29, 1.82) is 0 Å². The third-order valence-electron chi connectivity index (χ3n) is 5.86. The zero-order valence-electron chi connectivity index (χ0n) is 16.1. The van der Waals surface area contributed by atoms with E-state index < -0.39 is 7.26 Å². The van der Waals surface area contributed by atoms with Crippen molar-refractivity contribution in [2.75, 3.05) is 18.5 Å². The normalized spacial score (nSPS) is 12.9. The fourth-order valence-electron chi connectivity index (χ4n) is 4.41. The summed E-state index contributed by atoms with van der Waals surface area (Å²) in [7, 11) is -0.803. The molecule has 0 unspecified atom stereocenters. The van der Waals surface area contributed by atoms with Crippen molar-refractivity contribution in [3.8, 4) is 0 Å². The van der Waals surface area contributed by atoms with Gasteiger partial charge in [-0.3, -0.25) is 0 Å². The average molecular weight is 316 g/mol. The minimum atomic E-state index is -0.803. The van der Waals surface area contributed by atoms with Gasteiger partial charge in [0.05, 0.1) is 23.6 Å². The molecule has 0 rings (SSSR count). The van der Waals surface area contributed by atoms with Crippen LogP contribution in [0, 0.1) is 0 Å². The first-order chi connectivity index (χ1) is 10.1. The Morgan fingerprint density at radius 1 is 0.571 bits per heavy atom. The topological polar surface area (TPSA) is 0 Å². The van der Waals surface area contributed by atoms with Crippen LogP contribution in [0.5, 0.6) is 0 Å². The van der Waals surface area contributed by atoms with Gasteiger partial charge >= 0.3 is 0 Å². The summed E-state index contributed by atoms with van der Waals surface area (Å²) in [6.07, 6.45) is 19.1. The Morgan fingerprint density at radius 3 is 1.19 bits per heavy atom. The third-order valence-corrected chi connectivity index (χ3v) is 12.2. The first kappa shape index (κ1) is 21.4. The van der Waals surface area contributed by atoms with E-state index in [-0.39, 0.29) is 0 Å². The molecule has 21 heavy (non-hydrogen) atoms. The second-order valence-corrected chi connectivity index (χ2v) is 11.6. The molecule has 0 aliphatic carbocycles. The molecular weight excluding hydrogens is 271 g/mol. The molecule has 0 saturated heterocycles. The highest BCUT2D eigenvalue weighted by Crippen LogP contribution is 2.73. The molecule has 0 bridgehead atoms. The first-order valence-electron chi connectivity index (χ1n) is 9.98. The molecule has 0 amide bonds. The van der Waals surface area contributed by atoms with Gasteiger partial charge in [0.1, 0.15) is 0 Å². The summed E-state index contributed by atoms with van der Waals surface area (Å²) < 4.78 is 0. The maximum absolute atomic E-state index is 2.50. The Kier molecular flexibility index (Phi) is 12.2. The Balaban J connectivity index is 5.50. The molecule has 0 aromatic carbocycles. The van der Waals surface area contributed by atoms with Crippen LogP contribution in [0.15, 0.2) is 0 Å². The lowest BCUT2D eigenvalue weighted by Gasteiger charge is -2.45. The number of hydrogen-bond acceptors (Lipinski definition) is 0. The summed E-state index contributed by atoms with van der Waals surface area (Å²) in [4.78, 5) is 0. The van der Waals surface area contributed by atoms with Gasteiger partial charge in [0.25, 0.3) is 0 Å². The average Bonchev–Trinajstić information content (AvgIpc) is 2.52. The lowest BCUT2D eigenvalue weighted by molar-refractivity contribution is 0.478. The lowest BCUT2D eigenvalue weighted by atomic mass is 9.96. The van der Waals surface area contributed by atoms with Gasteiger partial charge in [0.15, 0.2) is 0 Å². The maximum atomic E-state index is 2.50. The molecule has 0 N–H and O–H groups in total. The molecule has 0 aliphatic rings. The minimum absolute atomic E-state index is 0.710. The Labute approximate surface area is 137 Å². The molecule has 0 aromatic rings. The van der Waals surface area contributed by atoms with Crippen LogP contribution in [0.4, 0.5) is 0 Å². The van der Waals surface area contributed by atoms with Gasteiger partial charge in [-0.1, -0.05) is 67.2 Å². The van der Waals surface area contributed by atoms with Gasteiger partial charge in [0, 0.05) is 7.26 Å². The highest BCUT2D eigenvalue weighted by molar-refractivity contribution is 7.77. The smallest absolute Gasteiger partial charge is 0.0652 e. The predicted molar refractivity (Wildman–Crippen MR) is 104 cm³/mol. The summed E-state index contributed by atoms with van der Waals surface area (Å²) in [5.74, 6) is 0. The minimum Gasteiger partial charge on any atom is -0.0652 e. The van der Waals surface area contributed by atoms with E-state index in [9.17, 15) is 0 Å². The van der Waals surface area contributed by atoms with Crippen LogP contribution in [-0.2, 0) is 0 Å². The fourth-order valence-corrected chi connectivity index (χ4v) is 11.3. The molecule has 0 aliphatic heterocycles. The van der Waals surface area contributed by atoms with Crippen molar-refractivity contribution in [3.63, 3.8) is 0 Å². The summed E-state index contributed by atoms with van der Waals surface area (Å²) in [6, 6.07) is 0. The highest BCUT2D eigenvalue weighted by Gasteiger charge is 2.53. The monoisotopic (exact) mass is 315 g/mol. The second kappa shape index (κ2) is 11.9. The van der Waals surface area contributed by atoms with Gasteiger partial charge in [0.2, 0.25) is 0 Å². The van der Waals surface area contributed by atoms with E-state index in [1.54, 1.807) is 18.5 Å². The van der Waals surface area contributed by atoms with Crippen molar-refractivity contribution < 1.29 is 0 Å². The van der Waals surface area contributed by atoms with Crippen molar-refractivity contribution in [2.24, 2.45) is 0 Å². The zero-order chi connectivity index (χ0) is 16.2. The van der Waals surface area contributed by atoms with Gasteiger partial charge in [-0.05, 0) is 38.5 Å².